The molecule has 0 bridgehead atoms. The lowest BCUT2D eigenvalue weighted by Gasteiger charge is -2.27. The van der Waals surface area contributed by atoms with Gasteiger partial charge in [0.25, 0.3) is 5.91 Å². The van der Waals surface area contributed by atoms with Crippen molar-refractivity contribution in [1.82, 2.24) is 9.88 Å². The summed E-state index contributed by atoms with van der Waals surface area (Å²) in [5, 5.41) is 0. The van der Waals surface area contributed by atoms with Crippen molar-refractivity contribution in [3.05, 3.63) is 53.3 Å². The summed E-state index contributed by atoms with van der Waals surface area (Å²) < 4.78 is 12.3. The van der Waals surface area contributed by atoms with Crippen molar-refractivity contribution in [2.24, 2.45) is 4.99 Å². The van der Waals surface area contributed by atoms with Crippen LogP contribution in [0.25, 0.3) is 11.1 Å². The molecule has 2 aliphatic rings. The number of benzene rings is 1. The van der Waals surface area contributed by atoms with Gasteiger partial charge in [0.2, 0.25) is 0 Å². The van der Waals surface area contributed by atoms with Crippen molar-refractivity contribution in [3.63, 3.8) is 0 Å². The quantitative estimate of drug-likeness (QED) is 0.276. The summed E-state index contributed by atoms with van der Waals surface area (Å²) in [6, 6.07) is 11.0. The van der Waals surface area contributed by atoms with E-state index in [-0.39, 0.29) is 11.9 Å². The number of amides is 1. The highest BCUT2D eigenvalue weighted by Gasteiger charge is 2.26. The molecule has 2 aliphatic heterocycles. The van der Waals surface area contributed by atoms with Crippen LogP contribution in [0.15, 0.2) is 41.5 Å². The molecule has 3 heterocycles. The van der Waals surface area contributed by atoms with Gasteiger partial charge in [0.1, 0.15) is 9.76 Å². The van der Waals surface area contributed by atoms with E-state index in [1.165, 1.54) is 0 Å². The zero-order valence-electron chi connectivity index (χ0n) is 18.9. The smallest absolute Gasteiger partial charge is 0.254 e. The van der Waals surface area contributed by atoms with Crippen molar-refractivity contribution in [1.29, 1.82) is 0 Å². The zero-order chi connectivity index (χ0) is 22.7. The number of nitrogens with zero attached hydrogens (tertiary/aromatic N) is 3. The number of morpholine rings is 1. The van der Waals surface area contributed by atoms with Crippen molar-refractivity contribution >= 4 is 40.3 Å². The van der Waals surface area contributed by atoms with E-state index in [9.17, 15) is 4.79 Å². The molecule has 1 atom stereocenters. The standard InChI is InChI=1S/C24H30IN3O3Si/c1-32(2,3)12-11-31-16-21-22-20(23(25)27-21)14-19(15-26-22)17-5-4-6-18(13-17)24(29)28-7-9-30-10-8-28/h4-6,13-15,21H,7-12,16H2,1-3H3. The summed E-state index contributed by atoms with van der Waals surface area (Å²) in [5.41, 5.74) is 4.71. The number of carbonyl (C=O) groups is 1. The molecular formula is C24H30IN3O3Si. The number of pyridine rings is 1. The Hall–Kier alpha value is -1.62. The summed E-state index contributed by atoms with van der Waals surface area (Å²) in [4.78, 5) is 24.3. The lowest BCUT2D eigenvalue weighted by Crippen LogP contribution is -2.40. The second-order valence-electron chi connectivity index (χ2n) is 9.46. The molecule has 8 heteroatoms. The second kappa shape index (κ2) is 10.1. The van der Waals surface area contributed by atoms with Gasteiger partial charge in [-0.25, -0.2) is 0 Å². The highest BCUT2D eigenvalue weighted by Crippen LogP contribution is 2.33. The lowest BCUT2D eigenvalue weighted by molar-refractivity contribution is 0.0303. The van der Waals surface area contributed by atoms with Gasteiger partial charge in [-0.1, -0.05) is 31.8 Å². The lowest BCUT2D eigenvalue weighted by atomic mass is 10.0. The highest BCUT2D eigenvalue weighted by molar-refractivity contribution is 14.1. The minimum Gasteiger partial charge on any atom is -0.379 e. The van der Waals surface area contributed by atoms with Gasteiger partial charge in [0.05, 0.1) is 25.5 Å². The highest BCUT2D eigenvalue weighted by atomic mass is 127. The van der Waals surface area contributed by atoms with Crippen LogP contribution in [0.2, 0.25) is 25.7 Å². The monoisotopic (exact) mass is 563 g/mol. The largest absolute Gasteiger partial charge is 0.379 e. The normalized spacial score (nSPS) is 18.4. The fourth-order valence-corrected chi connectivity index (χ4v) is 5.33. The summed E-state index contributed by atoms with van der Waals surface area (Å²) >= 11 is 2.28. The molecule has 0 saturated carbocycles. The third kappa shape index (κ3) is 5.65. The number of rotatable bonds is 7. The number of hydrogen-bond donors (Lipinski definition) is 0. The molecule has 0 N–H and O–H groups in total. The minimum absolute atomic E-state index is 0.0400. The van der Waals surface area contributed by atoms with E-state index in [4.69, 9.17) is 19.5 Å². The first-order chi connectivity index (χ1) is 15.3. The van der Waals surface area contributed by atoms with Crippen LogP contribution < -0.4 is 0 Å². The summed E-state index contributed by atoms with van der Waals surface area (Å²) in [6.45, 7) is 10.9. The van der Waals surface area contributed by atoms with E-state index in [1.54, 1.807) is 0 Å². The molecule has 0 radical (unpaired) electrons. The number of fused-ring (bicyclic) bond motifs is 1. The van der Waals surface area contributed by atoms with E-state index >= 15 is 0 Å². The van der Waals surface area contributed by atoms with Gasteiger partial charge in [0, 0.05) is 50.7 Å². The van der Waals surface area contributed by atoms with Gasteiger partial charge in [-0.05, 0) is 52.4 Å². The first-order valence-corrected chi connectivity index (χ1v) is 15.9. The number of hydrogen-bond acceptors (Lipinski definition) is 5. The second-order valence-corrected chi connectivity index (χ2v) is 16.1. The number of aliphatic imine (C=N–C) groups is 1. The molecule has 1 amide bonds. The van der Waals surface area contributed by atoms with E-state index in [2.05, 4.69) is 48.3 Å². The average Bonchev–Trinajstić information content (AvgIpc) is 3.11. The Bertz CT molecular complexity index is 1020. The van der Waals surface area contributed by atoms with Crippen molar-refractivity contribution in [3.8, 4) is 11.1 Å². The number of aromatic nitrogens is 1. The molecular weight excluding hydrogens is 533 g/mol. The third-order valence-corrected chi connectivity index (χ3v) is 8.30. The molecule has 1 unspecified atom stereocenters. The topological polar surface area (TPSA) is 64.0 Å². The number of ether oxygens (including phenoxy) is 2. The van der Waals surface area contributed by atoms with E-state index in [0.29, 0.717) is 38.5 Å². The maximum absolute atomic E-state index is 12.9. The Morgan fingerprint density at radius 2 is 2.00 bits per heavy atom. The van der Waals surface area contributed by atoms with Crippen LogP contribution in [-0.4, -0.2) is 67.1 Å². The van der Waals surface area contributed by atoms with Gasteiger partial charge in [0.15, 0.2) is 0 Å². The van der Waals surface area contributed by atoms with Crippen LogP contribution >= 0.6 is 22.6 Å². The SMILES string of the molecule is C[Si](C)(C)CCOCC1N=C(I)c2cc(-c3cccc(C(=O)N4CCOCC4)c3)cnc21. The van der Waals surface area contributed by atoms with Crippen molar-refractivity contribution in [2.75, 3.05) is 39.5 Å². The summed E-state index contributed by atoms with van der Waals surface area (Å²) in [7, 11) is -1.10. The molecule has 32 heavy (non-hydrogen) atoms. The molecule has 1 aromatic heterocycles. The average molecular weight is 564 g/mol. The molecule has 2 aromatic rings. The zero-order valence-corrected chi connectivity index (χ0v) is 22.1. The molecule has 0 spiro atoms. The van der Waals surface area contributed by atoms with Crippen LogP contribution in [0.5, 0.6) is 0 Å². The van der Waals surface area contributed by atoms with Crippen LogP contribution in [-0.2, 0) is 9.47 Å². The summed E-state index contributed by atoms with van der Waals surface area (Å²) in [6.07, 6.45) is 1.89. The Morgan fingerprint density at radius 1 is 1.22 bits per heavy atom. The van der Waals surface area contributed by atoms with Gasteiger partial charge in [-0.15, -0.1) is 0 Å². The van der Waals surface area contributed by atoms with Crippen LogP contribution in [0.1, 0.15) is 27.7 Å². The van der Waals surface area contributed by atoms with Crippen LogP contribution in [0.4, 0.5) is 0 Å². The Balaban J connectivity index is 1.48. The van der Waals surface area contributed by atoms with Gasteiger partial charge < -0.3 is 14.4 Å². The Kier molecular flexibility index (Phi) is 7.43. The Morgan fingerprint density at radius 3 is 2.75 bits per heavy atom. The van der Waals surface area contributed by atoms with Gasteiger partial charge >= 0.3 is 0 Å². The van der Waals surface area contributed by atoms with E-state index < -0.39 is 8.07 Å². The van der Waals surface area contributed by atoms with Gasteiger partial charge in [-0.3, -0.25) is 14.8 Å². The predicted octanol–water partition coefficient (Wildman–Crippen LogP) is 4.81. The molecule has 6 nitrogen and oxygen atoms in total. The third-order valence-electron chi connectivity index (χ3n) is 5.74. The maximum Gasteiger partial charge on any atom is 0.254 e. The first-order valence-electron chi connectivity index (χ1n) is 11.1. The molecule has 0 aliphatic carbocycles. The van der Waals surface area contributed by atoms with Gasteiger partial charge in [-0.2, -0.15) is 0 Å². The number of halogens is 1. The Labute approximate surface area is 204 Å². The van der Waals surface area contributed by atoms with Crippen molar-refractivity contribution in [2.45, 2.75) is 31.7 Å². The van der Waals surface area contributed by atoms with Crippen molar-refractivity contribution < 1.29 is 14.3 Å². The number of carbonyl (C=O) groups excluding carboxylic acids is 1. The predicted molar refractivity (Wildman–Crippen MR) is 139 cm³/mol. The summed E-state index contributed by atoms with van der Waals surface area (Å²) in [5.74, 6) is 0.0518. The molecule has 4 rings (SSSR count). The van der Waals surface area contributed by atoms with Crippen LogP contribution in [0.3, 0.4) is 0 Å². The maximum atomic E-state index is 12.9. The van der Waals surface area contributed by atoms with E-state index in [1.807, 2.05) is 35.4 Å². The molecule has 1 fully saturated rings. The molecule has 1 saturated heterocycles. The fraction of sp³-hybridized carbons (Fsp3) is 0.458. The first kappa shape index (κ1) is 23.5. The molecule has 1 aromatic carbocycles. The van der Waals surface area contributed by atoms with E-state index in [0.717, 1.165) is 38.8 Å². The fourth-order valence-electron chi connectivity index (χ4n) is 3.80. The molecule has 170 valence electrons. The minimum atomic E-state index is -1.10. The van der Waals surface area contributed by atoms with Crippen LogP contribution in [0, 0.1) is 0 Å².